The summed E-state index contributed by atoms with van der Waals surface area (Å²) in [7, 11) is 0. The first kappa shape index (κ1) is 16.5. The SMILES string of the molecule is CCc1nc2cc(NC(=O)CCC(C)N)ccc2o1.Cl. The maximum Gasteiger partial charge on any atom is 0.224 e. The number of hydrogen-bond donors (Lipinski definition) is 2. The summed E-state index contributed by atoms with van der Waals surface area (Å²) in [5, 5.41) is 2.84. The van der Waals surface area contributed by atoms with Gasteiger partial charge in [-0.15, -0.1) is 12.4 Å². The van der Waals surface area contributed by atoms with E-state index in [4.69, 9.17) is 10.2 Å². The van der Waals surface area contributed by atoms with Crippen LogP contribution >= 0.6 is 12.4 Å². The van der Waals surface area contributed by atoms with E-state index in [1.165, 1.54) is 0 Å². The van der Waals surface area contributed by atoms with Gasteiger partial charge in [-0.1, -0.05) is 6.92 Å². The van der Waals surface area contributed by atoms with E-state index in [1.54, 1.807) is 0 Å². The van der Waals surface area contributed by atoms with Crippen molar-refractivity contribution in [1.29, 1.82) is 0 Å². The van der Waals surface area contributed by atoms with Crippen LogP contribution in [0.15, 0.2) is 22.6 Å². The monoisotopic (exact) mass is 297 g/mol. The number of hydrogen-bond acceptors (Lipinski definition) is 4. The number of aryl methyl sites for hydroxylation is 1. The first-order valence-electron chi connectivity index (χ1n) is 6.53. The van der Waals surface area contributed by atoms with E-state index < -0.39 is 0 Å². The van der Waals surface area contributed by atoms with Crippen LogP contribution in [0.2, 0.25) is 0 Å². The molecule has 5 nitrogen and oxygen atoms in total. The molecule has 6 heteroatoms. The van der Waals surface area contributed by atoms with Crippen LogP contribution in [-0.2, 0) is 11.2 Å². The molecule has 0 fully saturated rings. The molecule has 20 heavy (non-hydrogen) atoms. The zero-order valence-electron chi connectivity index (χ0n) is 11.7. The quantitative estimate of drug-likeness (QED) is 0.889. The zero-order valence-corrected chi connectivity index (χ0v) is 12.5. The minimum absolute atomic E-state index is 0. The van der Waals surface area contributed by atoms with Crippen molar-refractivity contribution in [2.75, 3.05) is 5.32 Å². The van der Waals surface area contributed by atoms with Gasteiger partial charge in [0.1, 0.15) is 5.52 Å². The van der Waals surface area contributed by atoms with Crippen LogP contribution in [0.5, 0.6) is 0 Å². The van der Waals surface area contributed by atoms with Gasteiger partial charge in [0.2, 0.25) is 5.91 Å². The van der Waals surface area contributed by atoms with Crippen LogP contribution < -0.4 is 11.1 Å². The van der Waals surface area contributed by atoms with E-state index in [9.17, 15) is 4.79 Å². The van der Waals surface area contributed by atoms with Gasteiger partial charge in [-0.2, -0.15) is 0 Å². The van der Waals surface area contributed by atoms with Crippen LogP contribution in [0.3, 0.4) is 0 Å². The lowest BCUT2D eigenvalue weighted by Gasteiger charge is -2.06. The summed E-state index contributed by atoms with van der Waals surface area (Å²) in [5.41, 5.74) is 7.87. The highest BCUT2D eigenvalue weighted by atomic mass is 35.5. The van der Waals surface area contributed by atoms with Crippen molar-refractivity contribution in [2.24, 2.45) is 5.73 Å². The summed E-state index contributed by atoms with van der Waals surface area (Å²) in [4.78, 5) is 16.0. The molecule has 2 aromatic rings. The fraction of sp³-hybridized carbons (Fsp3) is 0.429. The summed E-state index contributed by atoms with van der Waals surface area (Å²) in [5.74, 6) is 0.672. The van der Waals surface area contributed by atoms with E-state index in [0.29, 0.717) is 18.7 Å². The molecule has 3 N–H and O–H groups in total. The van der Waals surface area contributed by atoms with Crippen LogP contribution in [0, 0.1) is 0 Å². The van der Waals surface area contributed by atoms with Crippen molar-refractivity contribution in [2.45, 2.75) is 39.2 Å². The number of anilines is 1. The number of oxazole rings is 1. The van der Waals surface area contributed by atoms with E-state index >= 15 is 0 Å². The molecule has 0 aliphatic carbocycles. The number of aromatic nitrogens is 1. The number of benzene rings is 1. The first-order chi connectivity index (χ1) is 9.08. The van der Waals surface area contributed by atoms with E-state index in [-0.39, 0.29) is 24.4 Å². The number of amides is 1. The van der Waals surface area contributed by atoms with Crippen LogP contribution in [0.1, 0.15) is 32.6 Å². The van der Waals surface area contributed by atoms with Gasteiger partial charge in [0.05, 0.1) is 0 Å². The molecule has 1 amide bonds. The lowest BCUT2D eigenvalue weighted by Crippen LogP contribution is -2.19. The molecule has 110 valence electrons. The van der Waals surface area contributed by atoms with Gasteiger partial charge in [0.25, 0.3) is 0 Å². The molecule has 2 rings (SSSR count). The minimum atomic E-state index is -0.0316. The predicted octanol–water partition coefficient (Wildman–Crippen LogP) is 2.88. The molecule has 1 atom stereocenters. The number of nitrogens with one attached hydrogen (secondary N) is 1. The molecule has 1 aromatic heterocycles. The second kappa shape index (κ2) is 7.26. The third-order valence-corrected chi connectivity index (χ3v) is 2.84. The lowest BCUT2D eigenvalue weighted by molar-refractivity contribution is -0.116. The summed E-state index contributed by atoms with van der Waals surface area (Å²) >= 11 is 0. The van der Waals surface area contributed by atoms with Gasteiger partial charge in [-0.05, 0) is 31.5 Å². The lowest BCUT2D eigenvalue weighted by atomic mass is 10.2. The van der Waals surface area contributed by atoms with Gasteiger partial charge < -0.3 is 15.5 Å². The van der Waals surface area contributed by atoms with Crippen molar-refractivity contribution in [3.63, 3.8) is 0 Å². The maximum absolute atomic E-state index is 11.7. The molecule has 0 aliphatic rings. The van der Waals surface area contributed by atoms with Gasteiger partial charge in [-0.3, -0.25) is 4.79 Å². The molecule has 1 aromatic carbocycles. The minimum Gasteiger partial charge on any atom is -0.441 e. The highest BCUT2D eigenvalue weighted by Crippen LogP contribution is 2.20. The van der Waals surface area contributed by atoms with Crippen molar-refractivity contribution >= 4 is 35.1 Å². The third kappa shape index (κ3) is 4.21. The number of fused-ring (bicyclic) bond motifs is 1. The largest absolute Gasteiger partial charge is 0.441 e. The van der Waals surface area contributed by atoms with Crippen molar-refractivity contribution in [1.82, 2.24) is 4.98 Å². The Morgan fingerprint density at radius 3 is 2.90 bits per heavy atom. The zero-order chi connectivity index (χ0) is 13.8. The van der Waals surface area contributed by atoms with E-state index in [2.05, 4.69) is 10.3 Å². The topological polar surface area (TPSA) is 81.2 Å². The number of rotatable bonds is 5. The predicted molar refractivity (Wildman–Crippen MR) is 82.1 cm³/mol. The highest BCUT2D eigenvalue weighted by Gasteiger charge is 2.07. The Bertz CT molecular complexity index is 581. The van der Waals surface area contributed by atoms with Crippen molar-refractivity contribution in [3.05, 3.63) is 24.1 Å². The average Bonchev–Trinajstić information content (AvgIpc) is 2.78. The van der Waals surface area contributed by atoms with Crippen LogP contribution in [0.25, 0.3) is 11.1 Å². The second-order valence-corrected chi connectivity index (χ2v) is 4.71. The van der Waals surface area contributed by atoms with Gasteiger partial charge in [0, 0.05) is 24.6 Å². The van der Waals surface area contributed by atoms with E-state index in [1.807, 2.05) is 32.0 Å². The second-order valence-electron chi connectivity index (χ2n) is 4.71. The summed E-state index contributed by atoms with van der Waals surface area (Å²) < 4.78 is 5.52. The standard InChI is InChI=1S/C14H19N3O2.ClH/c1-3-14-17-11-8-10(5-6-12(11)19-14)16-13(18)7-4-9(2)15;/h5-6,8-9H,3-4,7,15H2,1-2H3,(H,16,18);1H. The molecule has 1 heterocycles. The number of nitrogens with two attached hydrogens (primary N) is 1. The smallest absolute Gasteiger partial charge is 0.224 e. The van der Waals surface area contributed by atoms with Crippen molar-refractivity contribution in [3.8, 4) is 0 Å². The molecule has 0 radical (unpaired) electrons. The number of halogens is 1. The fourth-order valence-corrected chi connectivity index (χ4v) is 1.79. The fourth-order valence-electron chi connectivity index (χ4n) is 1.79. The molecule has 0 bridgehead atoms. The molecular weight excluding hydrogens is 278 g/mol. The third-order valence-electron chi connectivity index (χ3n) is 2.84. The number of carbonyl (C=O) groups is 1. The number of carbonyl (C=O) groups excluding carboxylic acids is 1. The van der Waals surface area contributed by atoms with Crippen molar-refractivity contribution < 1.29 is 9.21 Å². The highest BCUT2D eigenvalue weighted by molar-refractivity contribution is 5.92. The van der Waals surface area contributed by atoms with Crippen LogP contribution in [0.4, 0.5) is 5.69 Å². The molecule has 0 aliphatic heterocycles. The molecular formula is C14H20ClN3O2. The Hall–Kier alpha value is -1.59. The van der Waals surface area contributed by atoms with Gasteiger partial charge in [0.15, 0.2) is 11.5 Å². The Labute approximate surface area is 124 Å². The number of nitrogens with zero attached hydrogens (tertiary/aromatic N) is 1. The average molecular weight is 298 g/mol. The summed E-state index contributed by atoms with van der Waals surface area (Å²) in [6.45, 7) is 3.88. The summed E-state index contributed by atoms with van der Waals surface area (Å²) in [6.07, 6.45) is 1.86. The normalized spacial score (nSPS) is 11.9. The first-order valence-corrected chi connectivity index (χ1v) is 6.53. The molecule has 0 saturated heterocycles. The Balaban J connectivity index is 0.00000200. The van der Waals surface area contributed by atoms with Gasteiger partial charge >= 0.3 is 0 Å². The molecule has 1 unspecified atom stereocenters. The Morgan fingerprint density at radius 2 is 2.25 bits per heavy atom. The molecule has 0 spiro atoms. The van der Waals surface area contributed by atoms with E-state index in [0.717, 1.165) is 23.2 Å². The Kier molecular flexibility index (Phi) is 5.98. The maximum atomic E-state index is 11.7. The van der Waals surface area contributed by atoms with Crippen LogP contribution in [-0.4, -0.2) is 16.9 Å². The molecule has 0 saturated carbocycles. The summed E-state index contributed by atoms with van der Waals surface area (Å²) in [6, 6.07) is 5.50. The Morgan fingerprint density at radius 1 is 1.50 bits per heavy atom. The van der Waals surface area contributed by atoms with Gasteiger partial charge in [-0.25, -0.2) is 4.98 Å².